The van der Waals surface area contributed by atoms with Crippen molar-refractivity contribution < 1.29 is 9.34 Å². The zero-order chi connectivity index (χ0) is 13.1. The Labute approximate surface area is 103 Å². The molecule has 1 aromatic carbocycles. The summed E-state index contributed by atoms with van der Waals surface area (Å²) in [4.78, 5) is 14.3. The second-order valence-electron chi connectivity index (χ2n) is 4.09. The topological polar surface area (TPSA) is 81.2 Å². The summed E-state index contributed by atoms with van der Waals surface area (Å²) in [5.41, 5.74) is 2.19. The van der Waals surface area contributed by atoms with Crippen LogP contribution < -0.4 is 5.32 Å². The normalized spacial score (nSPS) is 10.3. The number of allylic oxidation sites excluding steroid dienone is 1. The van der Waals surface area contributed by atoms with E-state index in [2.05, 4.69) is 10.3 Å². The minimum atomic E-state index is -0.460. The summed E-state index contributed by atoms with van der Waals surface area (Å²) in [6.45, 7) is 4.60. The average Bonchev–Trinajstić information content (AvgIpc) is 2.69. The van der Waals surface area contributed by atoms with Crippen LogP contribution in [0.2, 0.25) is 0 Å². The number of nitro benzene ring substituents is 1. The number of nitrogens with one attached hydrogen (secondary N) is 1. The summed E-state index contributed by atoms with van der Waals surface area (Å²) in [6.07, 6.45) is 2.00. The number of fused-ring (bicyclic) bond motifs is 1. The fourth-order valence-electron chi connectivity index (χ4n) is 1.44. The van der Waals surface area contributed by atoms with Crippen molar-refractivity contribution in [1.29, 1.82) is 0 Å². The van der Waals surface area contributed by atoms with E-state index in [1.54, 1.807) is 6.07 Å². The van der Waals surface area contributed by atoms with Crippen molar-refractivity contribution in [1.82, 2.24) is 4.98 Å². The van der Waals surface area contributed by atoms with Gasteiger partial charge >= 0.3 is 0 Å². The number of benzene rings is 1. The maximum atomic E-state index is 10.6. The Morgan fingerprint density at radius 3 is 3.00 bits per heavy atom. The number of anilines is 1. The van der Waals surface area contributed by atoms with Crippen molar-refractivity contribution in [3.63, 3.8) is 0 Å². The Kier molecular flexibility index (Phi) is 3.27. The lowest BCUT2D eigenvalue weighted by Crippen LogP contribution is -1.98. The molecule has 0 saturated carbocycles. The number of oxazole rings is 1. The van der Waals surface area contributed by atoms with Gasteiger partial charge in [0.25, 0.3) is 11.7 Å². The number of non-ortho nitro benzene ring substituents is 1. The first-order valence-corrected chi connectivity index (χ1v) is 5.48. The zero-order valence-electron chi connectivity index (χ0n) is 10.1. The Hall–Kier alpha value is -2.37. The molecule has 2 rings (SSSR count). The number of nitro groups is 1. The second-order valence-corrected chi connectivity index (χ2v) is 4.09. The van der Waals surface area contributed by atoms with Crippen molar-refractivity contribution >= 4 is 22.8 Å². The fourth-order valence-corrected chi connectivity index (χ4v) is 1.44. The molecule has 2 aromatic rings. The Balaban J connectivity index is 2.22. The van der Waals surface area contributed by atoms with Crippen molar-refractivity contribution in [2.75, 3.05) is 11.9 Å². The van der Waals surface area contributed by atoms with Crippen LogP contribution in [0.4, 0.5) is 11.7 Å². The van der Waals surface area contributed by atoms with Crippen LogP contribution in [0, 0.1) is 10.1 Å². The molecule has 6 nitrogen and oxygen atoms in total. The van der Waals surface area contributed by atoms with Gasteiger partial charge in [-0.25, -0.2) is 0 Å². The molecule has 0 amide bonds. The molecule has 0 fully saturated rings. The molecule has 0 aliphatic carbocycles. The first-order valence-electron chi connectivity index (χ1n) is 5.48. The highest BCUT2D eigenvalue weighted by atomic mass is 16.6. The third-order valence-electron chi connectivity index (χ3n) is 2.35. The molecule has 94 valence electrons. The largest absolute Gasteiger partial charge is 0.423 e. The maximum Gasteiger partial charge on any atom is 0.295 e. The molecule has 0 bridgehead atoms. The predicted molar refractivity (Wildman–Crippen MR) is 68.6 cm³/mol. The van der Waals surface area contributed by atoms with Crippen molar-refractivity contribution in [3.05, 3.63) is 40.0 Å². The molecule has 0 saturated heterocycles. The molecule has 0 radical (unpaired) electrons. The standard InChI is InChI=1S/C12H13N3O3/c1-8(2)5-6-13-12-14-10-4-3-9(15(16)17)7-11(10)18-12/h3-5,7H,6H2,1-2H3,(H,13,14). The lowest BCUT2D eigenvalue weighted by atomic mass is 10.3. The minimum Gasteiger partial charge on any atom is -0.423 e. The van der Waals surface area contributed by atoms with Crippen molar-refractivity contribution in [2.45, 2.75) is 13.8 Å². The van der Waals surface area contributed by atoms with Gasteiger partial charge in [-0.2, -0.15) is 4.98 Å². The van der Waals surface area contributed by atoms with Gasteiger partial charge in [-0.15, -0.1) is 0 Å². The molecule has 1 N–H and O–H groups in total. The number of rotatable bonds is 4. The van der Waals surface area contributed by atoms with Gasteiger partial charge in [0.1, 0.15) is 5.52 Å². The number of nitrogens with zero attached hydrogens (tertiary/aromatic N) is 2. The first-order chi connectivity index (χ1) is 8.56. The molecule has 0 aliphatic heterocycles. The number of aromatic nitrogens is 1. The summed E-state index contributed by atoms with van der Waals surface area (Å²) in [7, 11) is 0. The molecule has 0 atom stereocenters. The smallest absolute Gasteiger partial charge is 0.295 e. The van der Waals surface area contributed by atoms with Gasteiger partial charge in [0, 0.05) is 12.6 Å². The third kappa shape index (κ3) is 2.65. The molecule has 1 heterocycles. The van der Waals surface area contributed by atoms with Crippen LogP contribution in [0.25, 0.3) is 11.1 Å². The lowest BCUT2D eigenvalue weighted by Gasteiger charge is -1.95. The van der Waals surface area contributed by atoms with Gasteiger partial charge in [0.05, 0.1) is 11.0 Å². The minimum absolute atomic E-state index is 0.00509. The van der Waals surface area contributed by atoms with Crippen LogP contribution in [-0.2, 0) is 0 Å². The molecule has 0 unspecified atom stereocenters. The van der Waals surface area contributed by atoms with Gasteiger partial charge in [-0.1, -0.05) is 11.6 Å². The van der Waals surface area contributed by atoms with E-state index in [0.717, 1.165) is 0 Å². The number of hydrogen-bond acceptors (Lipinski definition) is 5. The van der Waals surface area contributed by atoms with Crippen LogP contribution >= 0.6 is 0 Å². The van der Waals surface area contributed by atoms with E-state index in [4.69, 9.17) is 4.42 Å². The van der Waals surface area contributed by atoms with Gasteiger partial charge in [0.15, 0.2) is 5.58 Å². The van der Waals surface area contributed by atoms with Crippen molar-refractivity contribution in [2.24, 2.45) is 0 Å². The summed E-state index contributed by atoms with van der Waals surface area (Å²) >= 11 is 0. The summed E-state index contributed by atoms with van der Waals surface area (Å²) < 4.78 is 5.38. The van der Waals surface area contributed by atoms with E-state index in [1.165, 1.54) is 17.7 Å². The summed E-state index contributed by atoms with van der Waals surface area (Å²) in [6, 6.07) is 4.71. The predicted octanol–water partition coefficient (Wildman–Crippen LogP) is 3.11. The lowest BCUT2D eigenvalue weighted by molar-refractivity contribution is -0.384. The van der Waals surface area contributed by atoms with Crippen LogP contribution in [0.15, 0.2) is 34.3 Å². The van der Waals surface area contributed by atoms with Gasteiger partial charge in [0.2, 0.25) is 0 Å². The highest BCUT2D eigenvalue weighted by Gasteiger charge is 2.10. The van der Waals surface area contributed by atoms with Crippen LogP contribution in [-0.4, -0.2) is 16.5 Å². The zero-order valence-corrected chi connectivity index (χ0v) is 10.1. The van der Waals surface area contributed by atoms with Crippen LogP contribution in [0.5, 0.6) is 0 Å². The van der Waals surface area contributed by atoms with Gasteiger partial charge < -0.3 is 9.73 Å². The Morgan fingerprint density at radius 1 is 1.56 bits per heavy atom. The molecule has 1 aromatic heterocycles. The Morgan fingerprint density at radius 2 is 2.33 bits per heavy atom. The maximum absolute atomic E-state index is 10.6. The molecule has 0 aliphatic rings. The summed E-state index contributed by atoms with van der Waals surface area (Å²) in [5.74, 6) is 0. The second kappa shape index (κ2) is 4.87. The molecule has 18 heavy (non-hydrogen) atoms. The molecular formula is C12H13N3O3. The quantitative estimate of drug-likeness (QED) is 0.510. The van der Waals surface area contributed by atoms with E-state index in [9.17, 15) is 10.1 Å². The monoisotopic (exact) mass is 247 g/mol. The van der Waals surface area contributed by atoms with Gasteiger partial charge in [-0.05, 0) is 19.9 Å². The molecule has 6 heteroatoms. The third-order valence-corrected chi connectivity index (χ3v) is 2.35. The average molecular weight is 247 g/mol. The highest BCUT2D eigenvalue weighted by Crippen LogP contribution is 2.23. The van der Waals surface area contributed by atoms with E-state index in [1.807, 2.05) is 19.9 Å². The summed E-state index contributed by atoms with van der Waals surface area (Å²) in [5, 5.41) is 13.6. The molecule has 0 spiro atoms. The van der Waals surface area contributed by atoms with E-state index in [-0.39, 0.29) is 5.69 Å². The van der Waals surface area contributed by atoms with Crippen LogP contribution in [0.1, 0.15) is 13.8 Å². The van der Waals surface area contributed by atoms with Crippen LogP contribution in [0.3, 0.4) is 0 Å². The SMILES string of the molecule is CC(C)=CCNc1nc2ccc([N+](=O)[O-])cc2o1. The first kappa shape index (κ1) is 12.1. The highest BCUT2D eigenvalue weighted by molar-refractivity contribution is 5.77. The van der Waals surface area contributed by atoms with E-state index in [0.29, 0.717) is 23.7 Å². The van der Waals surface area contributed by atoms with E-state index >= 15 is 0 Å². The number of hydrogen-bond donors (Lipinski definition) is 1. The van der Waals surface area contributed by atoms with Crippen molar-refractivity contribution in [3.8, 4) is 0 Å². The van der Waals surface area contributed by atoms with Gasteiger partial charge in [-0.3, -0.25) is 10.1 Å². The fraction of sp³-hybridized carbons (Fsp3) is 0.250. The molecular weight excluding hydrogens is 234 g/mol. The van der Waals surface area contributed by atoms with E-state index < -0.39 is 4.92 Å². The Bertz CT molecular complexity index is 612.